The zero-order valence-electron chi connectivity index (χ0n) is 12.4. The molecule has 1 amide bonds. The smallest absolute Gasteiger partial charge is 0.246 e. The van der Waals surface area contributed by atoms with Crippen LogP contribution in [0.2, 0.25) is 0 Å². The van der Waals surface area contributed by atoms with Crippen molar-refractivity contribution < 1.29 is 4.79 Å². The van der Waals surface area contributed by atoms with Gasteiger partial charge in [-0.1, -0.05) is 22.0 Å². The van der Waals surface area contributed by atoms with Crippen molar-refractivity contribution in [1.82, 2.24) is 0 Å². The molecule has 2 rings (SSSR count). The van der Waals surface area contributed by atoms with Crippen LogP contribution in [0.1, 0.15) is 18.1 Å². The van der Waals surface area contributed by atoms with Crippen LogP contribution in [0.5, 0.6) is 0 Å². The van der Waals surface area contributed by atoms with Crippen LogP contribution in [0.3, 0.4) is 0 Å². The lowest BCUT2D eigenvalue weighted by Crippen LogP contribution is -2.31. The Labute approximate surface area is 133 Å². The van der Waals surface area contributed by atoms with E-state index in [2.05, 4.69) is 32.6 Å². The molecule has 0 heterocycles. The standard InChI is InChI=1S/C17H19BrN2O/c1-11-8-12(2)10-16(9-11)19-13(3)17(21)20-15-6-4-14(18)5-7-15/h4-10,13,19H,1-3H3,(H,20,21). The van der Waals surface area contributed by atoms with Crippen LogP contribution in [-0.2, 0) is 4.79 Å². The summed E-state index contributed by atoms with van der Waals surface area (Å²) >= 11 is 3.37. The number of carbonyl (C=O) groups excluding carboxylic acids is 1. The molecule has 0 spiro atoms. The molecule has 3 nitrogen and oxygen atoms in total. The number of hydrogen-bond acceptors (Lipinski definition) is 2. The largest absolute Gasteiger partial charge is 0.374 e. The van der Waals surface area contributed by atoms with Crippen molar-refractivity contribution in [3.05, 3.63) is 58.1 Å². The quantitative estimate of drug-likeness (QED) is 0.855. The number of carbonyl (C=O) groups is 1. The van der Waals surface area contributed by atoms with E-state index in [9.17, 15) is 4.79 Å². The van der Waals surface area contributed by atoms with E-state index in [-0.39, 0.29) is 11.9 Å². The lowest BCUT2D eigenvalue weighted by molar-refractivity contribution is -0.116. The second-order valence-electron chi connectivity index (χ2n) is 5.24. The highest BCUT2D eigenvalue weighted by Gasteiger charge is 2.13. The summed E-state index contributed by atoms with van der Waals surface area (Å²) in [6.45, 7) is 5.95. The van der Waals surface area contributed by atoms with Gasteiger partial charge in [0.2, 0.25) is 5.91 Å². The van der Waals surface area contributed by atoms with Gasteiger partial charge in [-0.15, -0.1) is 0 Å². The Kier molecular flexibility index (Phi) is 5.02. The lowest BCUT2D eigenvalue weighted by atomic mass is 10.1. The Morgan fingerprint density at radius 1 is 1.00 bits per heavy atom. The minimum absolute atomic E-state index is 0.0588. The molecule has 4 heteroatoms. The zero-order valence-corrected chi connectivity index (χ0v) is 14.0. The highest BCUT2D eigenvalue weighted by molar-refractivity contribution is 9.10. The molecule has 110 valence electrons. The number of rotatable bonds is 4. The summed E-state index contributed by atoms with van der Waals surface area (Å²) in [5.41, 5.74) is 4.11. The summed E-state index contributed by atoms with van der Waals surface area (Å²) < 4.78 is 0.988. The van der Waals surface area contributed by atoms with Gasteiger partial charge in [-0.25, -0.2) is 0 Å². The number of benzene rings is 2. The minimum Gasteiger partial charge on any atom is -0.374 e. The van der Waals surface area contributed by atoms with Crippen LogP contribution in [0, 0.1) is 13.8 Å². The van der Waals surface area contributed by atoms with Gasteiger partial charge in [0.15, 0.2) is 0 Å². The third kappa shape index (κ3) is 4.60. The maximum atomic E-state index is 12.2. The zero-order chi connectivity index (χ0) is 15.4. The third-order valence-electron chi connectivity index (χ3n) is 3.11. The lowest BCUT2D eigenvalue weighted by Gasteiger charge is -2.16. The van der Waals surface area contributed by atoms with Crippen molar-refractivity contribution in [1.29, 1.82) is 0 Å². The topological polar surface area (TPSA) is 41.1 Å². The Hall–Kier alpha value is -1.81. The van der Waals surface area contributed by atoms with E-state index in [1.54, 1.807) is 0 Å². The predicted octanol–water partition coefficient (Wildman–Crippen LogP) is 4.51. The maximum Gasteiger partial charge on any atom is 0.246 e. The molecule has 2 aromatic rings. The van der Waals surface area contributed by atoms with Crippen molar-refractivity contribution in [2.24, 2.45) is 0 Å². The van der Waals surface area contributed by atoms with Crippen molar-refractivity contribution in [2.75, 3.05) is 10.6 Å². The number of hydrogen-bond donors (Lipinski definition) is 2. The van der Waals surface area contributed by atoms with E-state index >= 15 is 0 Å². The van der Waals surface area contributed by atoms with E-state index < -0.39 is 0 Å². The number of nitrogens with one attached hydrogen (secondary N) is 2. The van der Waals surface area contributed by atoms with Gasteiger partial charge >= 0.3 is 0 Å². The van der Waals surface area contributed by atoms with Crippen LogP contribution in [0.15, 0.2) is 46.9 Å². The third-order valence-corrected chi connectivity index (χ3v) is 3.64. The van der Waals surface area contributed by atoms with E-state index in [0.29, 0.717) is 0 Å². The molecule has 1 atom stereocenters. The Balaban J connectivity index is 2.00. The fraction of sp³-hybridized carbons (Fsp3) is 0.235. The molecule has 0 saturated carbocycles. The first-order valence-electron chi connectivity index (χ1n) is 6.85. The van der Waals surface area contributed by atoms with Gasteiger partial charge in [-0.2, -0.15) is 0 Å². The van der Waals surface area contributed by atoms with Gasteiger partial charge in [0, 0.05) is 15.8 Å². The van der Waals surface area contributed by atoms with Gasteiger partial charge in [0.25, 0.3) is 0 Å². The van der Waals surface area contributed by atoms with E-state index in [4.69, 9.17) is 0 Å². The second-order valence-corrected chi connectivity index (χ2v) is 6.15. The van der Waals surface area contributed by atoms with E-state index in [0.717, 1.165) is 15.8 Å². The summed E-state index contributed by atoms with van der Waals surface area (Å²) in [5.74, 6) is -0.0588. The fourth-order valence-corrected chi connectivity index (χ4v) is 2.42. The summed E-state index contributed by atoms with van der Waals surface area (Å²) in [7, 11) is 0. The number of amides is 1. The fourth-order valence-electron chi connectivity index (χ4n) is 2.16. The van der Waals surface area contributed by atoms with Crippen LogP contribution < -0.4 is 10.6 Å². The van der Waals surface area contributed by atoms with Crippen LogP contribution in [-0.4, -0.2) is 11.9 Å². The summed E-state index contributed by atoms with van der Waals surface area (Å²) in [6.07, 6.45) is 0. The molecule has 0 aliphatic rings. The molecular weight excluding hydrogens is 328 g/mol. The van der Waals surface area contributed by atoms with Gasteiger partial charge in [0.05, 0.1) is 0 Å². The van der Waals surface area contributed by atoms with Crippen molar-refractivity contribution in [3.63, 3.8) is 0 Å². The van der Waals surface area contributed by atoms with E-state index in [1.807, 2.05) is 57.2 Å². The predicted molar refractivity (Wildman–Crippen MR) is 91.8 cm³/mol. The molecule has 2 aromatic carbocycles. The van der Waals surface area contributed by atoms with Crippen molar-refractivity contribution in [2.45, 2.75) is 26.8 Å². The number of anilines is 2. The van der Waals surface area contributed by atoms with Crippen molar-refractivity contribution >= 4 is 33.2 Å². The maximum absolute atomic E-state index is 12.2. The van der Waals surface area contributed by atoms with Gasteiger partial charge < -0.3 is 10.6 Å². The highest BCUT2D eigenvalue weighted by Crippen LogP contribution is 2.17. The van der Waals surface area contributed by atoms with Gasteiger partial charge in [-0.3, -0.25) is 4.79 Å². The van der Waals surface area contributed by atoms with Crippen LogP contribution in [0.4, 0.5) is 11.4 Å². The molecule has 1 unspecified atom stereocenters. The molecule has 2 N–H and O–H groups in total. The Morgan fingerprint density at radius 3 is 2.14 bits per heavy atom. The van der Waals surface area contributed by atoms with Gasteiger partial charge in [-0.05, 0) is 68.3 Å². The molecule has 0 fully saturated rings. The Morgan fingerprint density at radius 2 is 1.57 bits per heavy atom. The number of aryl methyl sites for hydroxylation is 2. The van der Waals surface area contributed by atoms with Crippen LogP contribution in [0.25, 0.3) is 0 Å². The normalized spacial score (nSPS) is 11.8. The molecule has 0 saturated heterocycles. The molecular formula is C17H19BrN2O. The SMILES string of the molecule is Cc1cc(C)cc(NC(C)C(=O)Nc2ccc(Br)cc2)c1. The monoisotopic (exact) mass is 346 g/mol. The van der Waals surface area contributed by atoms with Crippen molar-refractivity contribution in [3.8, 4) is 0 Å². The van der Waals surface area contributed by atoms with Crippen LogP contribution >= 0.6 is 15.9 Å². The molecule has 21 heavy (non-hydrogen) atoms. The molecule has 0 bridgehead atoms. The average molecular weight is 347 g/mol. The molecule has 0 aliphatic heterocycles. The highest BCUT2D eigenvalue weighted by atomic mass is 79.9. The first-order valence-corrected chi connectivity index (χ1v) is 7.64. The van der Waals surface area contributed by atoms with E-state index in [1.165, 1.54) is 11.1 Å². The molecule has 0 aliphatic carbocycles. The molecule has 0 aromatic heterocycles. The summed E-state index contributed by atoms with van der Waals surface area (Å²) in [6, 6.07) is 13.4. The summed E-state index contributed by atoms with van der Waals surface area (Å²) in [4.78, 5) is 12.2. The summed E-state index contributed by atoms with van der Waals surface area (Å²) in [5, 5.41) is 6.13. The first-order chi connectivity index (χ1) is 9.94. The minimum atomic E-state index is -0.310. The second kappa shape index (κ2) is 6.76. The molecule has 0 radical (unpaired) electrons. The average Bonchev–Trinajstić information content (AvgIpc) is 2.40. The number of halogens is 1. The van der Waals surface area contributed by atoms with Gasteiger partial charge in [0.1, 0.15) is 6.04 Å². The first kappa shape index (κ1) is 15.6. The Bertz CT molecular complexity index is 617.